The third-order valence-corrected chi connectivity index (χ3v) is 15.9. The Morgan fingerprint density at radius 3 is 2.02 bits per heavy atom. The third kappa shape index (κ3) is 6.96. The van der Waals surface area contributed by atoms with Crippen molar-refractivity contribution in [1.29, 1.82) is 0 Å². The predicted molar refractivity (Wildman–Crippen MR) is 186 cm³/mol. The summed E-state index contributed by atoms with van der Waals surface area (Å²) in [5.41, 5.74) is 0.235. The zero-order chi connectivity index (χ0) is 38.2. The quantitative estimate of drug-likeness (QED) is 0.138. The lowest BCUT2D eigenvalue weighted by atomic mass is 9.44. The van der Waals surface area contributed by atoms with Crippen molar-refractivity contribution in [2.24, 2.45) is 52.3 Å². The van der Waals surface area contributed by atoms with Gasteiger partial charge in [-0.05, 0) is 104 Å². The van der Waals surface area contributed by atoms with Gasteiger partial charge in [0.05, 0.1) is 32.0 Å². The molecule has 0 spiro atoms. The summed E-state index contributed by atoms with van der Waals surface area (Å²) in [6, 6.07) is 0. The van der Waals surface area contributed by atoms with Gasteiger partial charge in [-0.3, -0.25) is 0 Å². The zero-order valence-corrected chi connectivity index (χ0v) is 31.7. The van der Waals surface area contributed by atoms with E-state index in [4.69, 9.17) is 23.7 Å². The van der Waals surface area contributed by atoms with Crippen molar-refractivity contribution in [3.05, 3.63) is 0 Å². The molecule has 14 heteroatoms. The van der Waals surface area contributed by atoms with Crippen molar-refractivity contribution in [3.63, 3.8) is 0 Å². The van der Waals surface area contributed by atoms with Gasteiger partial charge in [-0.2, -0.15) is 0 Å². The van der Waals surface area contributed by atoms with Crippen molar-refractivity contribution in [1.82, 2.24) is 0 Å². The summed E-state index contributed by atoms with van der Waals surface area (Å²) >= 11 is 0. The molecule has 306 valence electrons. The highest BCUT2D eigenvalue weighted by Gasteiger charge is 2.68. The van der Waals surface area contributed by atoms with Crippen LogP contribution in [0, 0.1) is 52.3 Å². The molecule has 7 aliphatic rings. The Kier molecular flexibility index (Phi) is 11.7. The van der Waals surface area contributed by atoms with E-state index in [2.05, 4.69) is 20.8 Å². The predicted octanol–water partition coefficient (Wildman–Crippen LogP) is 0.397. The molecular weight excluding hydrogens is 692 g/mol. The fraction of sp³-hybridized carbons (Fsp3) is 1.00. The molecule has 3 saturated heterocycles. The molecule has 0 radical (unpaired) electrons. The molecule has 7 fully saturated rings. The molecule has 0 amide bonds. The van der Waals surface area contributed by atoms with Crippen molar-refractivity contribution in [2.45, 2.75) is 171 Å². The average molecular weight is 759 g/mol. The molecule has 14 nitrogen and oxygen atoms in total. The Morgan fingerprint density at radius 1 is 0.736 bits per heavy atom. The van der Waals surface area contributed by atoms with Gasteiger partial charge in [0.1, 0.15) is 48.8 Å². The second-order valence-electron chi connectivity index (χ2n) is 18.7. The zero-order valence-electron chi connectivity index (χ0n) is 31.7. The van der Waals surface area contributed by atoms with Gasteiger partial charge in [0.15, 0.2) is 18.4 Å². The van der Waals surface area contributed by atoms with Gasteiger partial charge in [-0.25, -0.2) is 0 Å². The smallest absolute Gasteiger partial charge is 0.186 e. The van der Waals surface area contributed by atoms with E-state index >= 15 is 0 Å². The summed E-state index contributed by atoms with van der Waals surface area (Å²) in [7, 11) is 0. The molecule has 3 heterocycles. The lowest BCUT2D eigenvalue weighted by Gasteiger charge is -2.61. The maximum absolute atomic E-state index is 12.0. The maximum atomic E-state index is 12.0. The number of ether oxygens (including phenoxy) is 5. The van der Waals surface area contributed by atoms with Crippen LogP contribution in [0.4, 0.5) is 0 Å². The van der Waals surface area contributed by atoms with Crippen LogP contribution in [0.3, 0.4) is 0 Å². The Morgan fingerprint density at radius 2 is 1.36 bits per heavy atom. The molecule has 0 aromatic heterocycles. The molecule has 0 aromatic rings. The number of aliphatic hydroxyl groups is 9. The van der Waals surface area contributed by atoms with Crippen LogP contribution in [-0.2, 0) is 23.7 Å². The lowest BCUT2D eigenvalue weighted by molar-refractivity contribution is -0.316. The summed E-state index contributed by atoms with van der Waals surface area (Å²) in [4.78, 5) is 0. The summed E-state index contributed by atoms with van der Waals surface area (Å²) in [6.07, 6.45) is -3.89. The van der Waals surface area contributed by atoms with E-state index < -0.39 is 80.4 Å². The minimum Gasteiger partial charge on any atom is -0.394 e. The van der Waals surface area contributed by atoms with Crippen molar-refractivity contribution in [3.8, 4) is 0 Å². The number of hydrogen-bond acceptors (Lipinski definition) is 14. The van der Waals surface area contributed by atoms with Crippen LogP contribution in [0.1, 0.15) is 91.9 Å². The van der Waals surface area contributed by atoms with Crippen LogP contribution < -0.4 is 0 Å². The standard InChI is InChI=1S/C39H66O14/c1-18(17-49-35-33(46)31(44)29(42)26(15-40)51-35)7-12-39(48)19(2)28-25(53-39)14-24-22-6-5-20-13-21(8-10-37(20,3)23(22)9-11-38(24,28)4)50-36-34(47)32(45)30(43)27(16-41)52-36/h18-36,40-48H,5-17H2,1-4H3/t18-,19-,20+,21-,22+,23-,24-,25-,26+,27+,28-,29+,30+,31-,32-,33+,34+,35+,36+,37-,38-,39?/m0/s1. The van der Waals surface area contributed by atoms with Crippen molar-refractivity contribution < 1.29 is 69.6 Å². The van der Waals surface area contributed by atoms with Gasteiger partial charge < -0.3 is 69.6 Å². The largest absolute Gasteiger partial charge is 0.394 e. The molecule has 4 aliphatic carbocycles. The Hall–Kier alpha value is -0.560. The SMILES string of the molecule is C[C@@H](CCC1(O)O[C@H]2C[C@H]3[C@@H]4CC[C@@H]5C[C@@H](O[C@@H]6O[C@H](CO)[C@@H](O)[C@H](O)[C@H]6O)CC[C@]5(C)[C@H]4CC[C@]3(C)[C@H]2[C@@H]1C)CO[C@@H]1O[C@H](CO)[C@@H](O)[C@H](O)[C@H]1O. The summed E-state index contributed by atoms with van der Waals surface area (Å²) in [5, 5.41) is 92.5. The van der Waals surface area contributed by atoms with Gasteiger partial charge in [0.2, 0.25) is 0 Å². The average Bonchev–Trinajstić information content (AvgIpc) is 3.57. The van der Waals surface area contributed by atoms with Gasteiger partial charge in [-0.15, -0.1) is 0 Å². The van der Waals surface area contributed by atoms with Gasteiger partial charge in [0, 0.05) is 12.3 Å². The molecule has 53 heavy (non-hydrogen) atoms. The number of fused-ring (bicyclic) bond motifs is 7. The maximum Gasteiger partial charge on any atom is 0.186 e. The van der Waals surface area contributed by atoms with Crippen LogP contribution in [-0.4, -0.2) is 145 Å². The highest BCUT2D eigenvalue weighted by Crippen LogP contribution is 2.71. The lowest BCUT2D eigenvalue weighted by Crippen LogP contribution is -2.60. The summed E-state index contributed by atoms with van der Waals surface area (Å²) < 4.78 is 29.8. The van der Waals surface area contributed by atoms with E-state index in [0.717, 1.165) is 51.4 Å². The Labute approximate surface area is 312 Å². The van der Waals surface area contributed by atoms with Gasteiger partial charge in [-0.1, -0.05) is 27.7 Å². The van der Waals surface area contributed by atoms with E-state index in [-0.39, 0.29) is 47.4 Å². The van der Waals surface area contributed by atoms with Crippen LogP contribution in [0.15, 0.2) is 0 Å². The molecule has 3 aliphatic heterocycles. The normalized spacial score (nSPS) is 55.9. The van der Waals surface area contributed by atoms with E-state index in [1.54, 1.807) is 0 Å². The van der Waals surface area contributed by atoms with E-state index in [9.17, 15) is 46.0 Å². The molecule has 7 rings (SSSR count). The third-order valence-electron chi connectivity index (χ3n) is 15.9. The first-order valence-electron chi connectivity index (χ1n) is 20.3. The minimum atomic E-state index is -1.49. The number of hydrogen-bond donors (Lipinski definition) is 9. The number of rotatable bonds is 10. The fourth-order valence-corrected chi connectivity index (χ4v) is 12.7. The molecule has 0 aromatic carbocycles. The first kappa shape index (κ1) is 40.6. The highest BCUT2D eigenvalue weighted by atomic mass is 16.7. The Balaban J connectivity index is 0.931. The van der Waals surface area contributed by atoms with E-state index in [1.807, 2.05) is 6.92 Å². The molecule has 22 atom stereocenters. The summed E-state index contributed by atoms with van der Waals surface area (Å²) in [6.45, 7) is 8.25. The first-order chi connectivity index (χ1) is 25.1. The van der Waals surface area contributed by atoms with Crippen molar-refractivity contribution >= 4 is 0 Å². The molecule has 4 saturated carbocycles. The molecule has 1 unspecified atom stereocenters. The topological polar surface area (TPSA) is 228 Å². The molecule has 0 bridgehead atoms. The van der Waals surface area contributed by atoms with Crippen molar-refractivity contribution in [2.75, 3.05) is 19.8 Å². The van der Waals surface area contributed by atoms with Gasteiger partial charge in [0.25, 0.3) is 0 Å². The fourth-order valence-electron chi connectivity index (χ4n) is 12.7. The van der Waals surface area contributed by atoms with Gasteiger partial charge >= 0.3 is 0 Å². The van der Waals surface area contributed by atoms with Crippen LogP contribution in [0.2, 0.25) is 0 Å². The van der Waals surface area contributed by atoms with Crippen LogP contribution in [0.5, 0.6) is 0 Å². The Bertz CT molecular complexity index is 1260. The molecule has 9 N–H and O–H groups in total. The van der Waals surface area contributed by atoms with E-state index in [0.29, 0.717) is 36.5 Å². The first-order valence-corrected chi connectivity index (χ1v) is 20.3. The monoisotopic (exact) mass is 758 g/mol. The van der Waals surface area contributed by atoms with E-state index in [1.165, 1.54) is 0 Å². The number of aliphatic hydroxyl groups excluding tert-OH is 8. The second kappa shape index (κ2) is 15.3. The summed E-state index contributed by atoms with van der Waals surface area (Å²) in [5.74, 6) is 1.11. The van der Waals surface area contributed by atoms with Crippen LogP contribution >= 0.6 is 0 Å². The molecular formula is C39H66O14. The van der Waals surface area contributed by atoms with Crippen LogP contribution in [0.25, 0.3) is 0 Å². The minimum absolute atomic E-state index is 0.00220. The second-order valence-corrected chi connectivity index (χ2v) is 18.7. The highest BCUT2D eigenvalue weighted by molar-refractivity contribution is 5.15.